The minimum Gasteiger partial charge on any atom is -0.395 e. The summed E-state index contributed by atoms with van der Waals surface area (Å²) in [7, 11) is 0. The number of carbonyl (C=O) groups excluding carboxylic acids is 3. The van der Waals surface area contributed by atoms with Crippen LogP contribution in [0.15, 0.2) is 97.1 Å². The first-order chi connectivity index (χ1) is 20.4. The fourth-order valence-corrected chi connectivity index (χ4v) is 7.44. The van der Waals surface area contributed by atoms with Crippen LogP contribution in [0.25, 0.3) is 10.8 Å². The smallest absolute Gasteiger partial charge is 0.253 e. The van der Waals surface area contributed by atoms with Crippen LogP contribution in [-0.2, 0) is 25.7 Å². The van der Waals surface area contributed by atoms with Crippen LogP contribution >= 0.6 is 0 Å². The van der Waals surface area contributed by atoms with E-state index in [-0.39, 0.29) is 37.4 Å². The number of benzene rings is 3. The second-order valence-electron chi connectivity index (χ2n) is 11.7. The van der Waals surface area contributed by atoms with Gasteiger partial charge in [0.1, 0.15) is 11.6 Å². The standard InChI is InChI=1S/C34H33N3O5/c1-33-15-7-17-35(22-23-9-3-2-4-10-23)30(39)27(33)28-31(40)37(19-20-38)29-32(41)36(18-8-16-34(28,29)42-33)26-14-13-24-11-5-6-12-25(24)21-26/h2-16,21,27-29,38H,17-20,22H2,1H3/t27-,28+,29?,33+,34+/m1/s1. The van der Waals surface area contributed by atoms with E-state index < -0.39 is 29.1 Å². The summed E-state index contributed by atoms with van der Waals surface area (Å²) in [5.41, 5.74) is -0.743. The summed E-state index contributed by atoms with van der Waals surface area (Å²) in [6.07, 6.45) is 7.52. The van der Waals surface area contributed by atoms with Crippen molar-refractivity contribution in [1.29, 1.82) is 0 Å². The van der Waals surface area contributed by atoms with Gasteiger partial charge in [-0.25, -0.2) is 0 Å². The maximum absolute atomic E-state index is 14.5. The van der Waals surface area contributed by atoms with E-state index in [9.17, 15) is 19.5 Å². The maximum Gasteiger partial charge on any atom is 0.253 e. The summed E-state index contributed by atoms with van der Waals surface area (Å²) >= 11 is 0. The molecule has 0 aliphatic carbocycles. The van der Waals surface area contributed by atoms with E-state index >= 15 is 0 Å². The van der Waals surface area contributed by atoms with Crippen LogP contribution in [0, 0.1) is 11.8 Å². The number of aliphatic hydroxyl groups is 1. The van der Waals surface area contributed by atoms with Gasteiger partial charge >= 0.3 is 0 Å². The molecule has 42 heavy (non-hydrogen) atoms. The minimum absolute atomic E-state index is 0.0303. The number of likely N-dealkylation sites (tertiary alicyclic amines) is 1. The van der Waals surface area contributed by atoms with Crippen LogP contribution in [0.4, 0.5) is 5.69 Å². The SMILES string of the molecule is C[C@]12C=CCN(Cc3ccccc3)C(=O)[C@H]1[C@H]1C(=O)N(CCO)C3C(=O)N(c4ccc5ccccc5c4)CC=C[C@@]31O2. The van der Waals surface area contributed by atoms with E-state index in [1.165, 1.54) is 4.90 Å². The Hall–Kier alpha value is -4.27. The van der Waals surface area contributed by atoms with Crippen LogP contribution in [0.3, 0.4) is 0 Å². The van der Waals surface area contributed by atoms with E-state index in [2.05, 4.69) is 0 Å². The van der Waals surface area contributed by atoms with Crippen molar-refractivity contribution in [2.75, 3.05) is 31.1 Å². The molecule has 0 bridgehead atoms. The van der Waals surface area contributed by atoms with Crippen molar-refractivity contribution in [2.45, 2.75) is 30.7 Å². The van der Waals surface area contributed by atoms with Crippen molar-refractivity contribution in [3.05, 3.63) is 103 Å². The van der Waals surface area contributed by atoms with Crippen molar-refractivity contribution in [1.82, 2.24) is 9.80 Å². The molecular weight excluding hydrogens is 530 g/mol. The third-order valence-electron chi connectivity index (χ3n) is 9.24. The molecule has 214 valence electrons. The second kappa shape index (κ2) is 9.93. The van der Waals surface area contributed by atoms with Gasteiger partial charge in [-0.05, 0) is 35.4 Å². The number of rotatable bonds is 5. The molecule has 0 radical (unpaired) electrons. The first kappa shape index (κ1) is 26.6. The number of anilines is 1. The fourth-order valence-electron chi connectivity index (χ4n) is 7.44. The van der Waals surface area contributed by atoms with Crippen LogP contribution in [0.5, 0.6) is 0 Å². The number of hydrogen-bond acceptors (Lipinski definition) is 5. The van der Waals surface area contributed by atoms with Crippen molar-refractivity contribution in [2.24, 2.45) is 11.8 Å². The highest BCUT2D eigenvalue weighted by Gasteiger charge is 2.74. The fraction of sp³-hybridized carbons (Fsp3) is 0.324. The molecule has 8 heteroatoms. The predicted molar refractivity (Wildman–Crippen MR) is 158 cm³/mol. The molecule has 3 aromatic rings. The Morgan fingerprint density at radius 2 is 1.57 bits per heavy atom. The zero-order chi connectivity index (χ0) is 29.1. The molecule has 3 amide bonds. The molecule has 4 aliphatic rings. The molecule has 0 aromatic heterocycles. The number of carbonyl (C=O) groups is 3. The molecule has 2 fully saturated rings. The van der Waals surface area contributed by atoms with Gasteiger partial charge in [0.05, 0.1) is 24.0 Å². The van der Waals surface area contributed by atoms with Gasteiger partial charge in [0.15, 0.2) is 0 Å². The topological polar surface area (TPSA) is 90.4 Å². The van der Waals surface area contributed by atoms with E-state index in [0.717, 1.165) is 16.3 Å². The first-order valence-corrected chi connectivity index (χ1v) is 14.5. The predicted octanol–water partition coefficient (Wildman–Crippen LogP) is 3.30. The number of ether oxygens (including phenoxy) is 1. The largest absolute Gasteiger partial charge is 0.395 e. The molecule has 2 saturated heterocycles. The normalized spacial score (nSPS) is 30.4. The third-order valence-corrected chi connectivity index (χ3v) is 9.24. The van der Waals surface area contributed by atoms with Crippen LogP contribution < -0.4 is 4.90 Å². The van der Waals surface area contributed by atoms with Crippen molar-refractivity contribution >= 4 is 34.2 Å². The molecule has 1 unspecified atom stereocenters. The number of aliphatic hydroxyl groups excluding tert-OH is 1. The molecule has 8 nitrogen and oxygen atoms in total. The highest BCUT2D eigenvalue weighted by Crippen LogP contribution is 2.57. The quantitative estimate of drug-likeness (QED) is 0.482. The van der Waals surface area contributed by atoms with Crippen molar-refractivity contribution in [3.63, 3.8) is 0 Å². The third kappa shape index (κ3) is 3.93. The first-order valence-electron chi connectivity index (χ1n) is 14.5. The Labute approximate surface area is 244 Å². The lowest BCUT2D eigenvalue weighted by atomic mass is 9.74. The zero-order valence-electron chi connectivity index (χ0n) is 23.4. The lowest BCUT2D eigenvalue weighted by Gasteiger charge is -2.37. The Morgan fingerprint density at radius 1 is 0.833 bits per heavy atom. The van der Waals surface area contributed by atoms with E-state index in [1.54, 1.807) is 9.80 Å². The van der Waals surface area contributed by atoms with Gasteiger partial charge in [0, 0.05) is 31.9 Å². The van der Waals surface area contributed by atoms with Crippen LogP contribution in [0.1, 0.15) is 12.5 Å². The van der Waals surface area contributed by atoms with Gasteiger partial charge in [0.25, 0.3) is 5.91 Å². The monoisotopic (exact) mass is 563 g/mol. The minimum atomic E-state index is -1.36. The summed E-state index contributed by atoms with van der Waals surface area (Å²) in [6, 6.07) is 22.5. The van der Waals surface area contributed by atoms with E-state index in [4.69, 9.17) is 4.74 Å². The average molecular weight is 564 g/mol. The number of hydrogen-bond donors (Lipinski definition) is 1. The number of nitrogens with zero attached hydrogens (tertiary/aromatic N) is 3. The molecule has 7 rings (SSSR count). The van der Waals surface area contributed by atoms with Gasteiger partial charge in [-0.3, -0.25) is 14.4 Å². The lowest BCUT2D eigenvalue weighted by molar-refractivity contribution is -0.149. The summed E-state index contributed by atoms with van der Waals surface area (Å²) in [5.74, 6) is -2.56. The Kier molecular flexibility index (Phi) is 6.29. The Bertz CT molecular complexity index is 1640. The van der Waals surface area contributed by atoms with Crippen LogP contribution in [0.2, 0.25) is 0 Å². The summed E-state index contributed by atoms with van der Waals surface area (Å²) < 4.78 is 6.86. The van der Waals surface area contributed by atoms with E-state index in [1.807, 2.05) is 104 Å². The summed E-state index contributed by atoms with van der Waals surface area (Å²) in [5, 5.41) is 12.0. The molecule has 5 atom stereocenters. The molecule has 3 aromatic carbocycles. The Balaban J connectivity index is 1.30. The van der Waals surface area contributed by atoms with E-state index in [0.29, 0.717) is 18.8 Å². The number of fused-ring (bicyclic) bond motifs is 3. The molecule has 1 spiro atoms. The van der Waals surface area contributed by atoms with Gasteiger partial charge in [0.2, 0.25) is 11.8 Å². The van der Waals surface area contributed by atoms with Crippen molar-refractivity contribution in [3.8, 4) is 0 Å². The second-order valence-corrected chi connectivity index (χ2v) is 11.7. The summed E-state index contributed by atoms with van der Waals surface area (Å²) in [6.45, 7) is 2.59. The average Bonchev–Trinajstić information content (AvgIpc) is 3.26. The number of amides is 3. The van der Waals surface area contributed by atoms with Gasteiger partial charge < -0.3 is 24.5 Å². The molecule has 4 aliphatic heterocycles. The highest BCUT2D eigenvalue weighted by atomic mass is 16.5. The molecule has 4 heterocycles. The summed E-state index contributed by atoms with van der Waals surface area (Å²) in [4.78, 5) is 47.9. The number of β-amino-alcohol motifs (C(OH)–C–C–N with tert-alkyl or cyclic N) is 1. The molecular formula is C34H33N3O5. The zero-order valence-corrected chi connectivity index (χ0v) is 23.4. The van der Waals surface area contributed by atoms with Gasteiger partial charge in [-0.1, -0.05) is 85.0 Å². The highest BCUT2D eigenvalue weighted by molar-refractivity contribution is 6.06. The van der Waals surface area contributed by atoms with Gasteiger partial charge in [-0.2, -0.15) is 0 Å². The maximum atomic E-state index is 14.5. The Morgan fingerprint density at radius 3 is 2.36 bits per heavy atom. The van der Waals surface area contributed by atoms with Gasteiger partial charge in [-0.15, -0.1) is 0 Å². The lowest BCUT2D eigenvalue weighted by Crippen LogP contribution is -2.56. The molecule has 1 N–H and O–H groups in total. The van der Waals surface area contributed by atoms with Crippen LogP contribution in [-0.4, -0.2) is 76.1 Å². The molecule has 0 saturated carbocycles. The van der Waals surface area contributed by atoms with Crippen molar-refractivity contribution < 1.29 is 24.2 Å².